The Morgan fingerprint density at radius 1 is 1.09 bits per heavy atom. The molecule has 5 heteroatoms. The maximum atomic E-state index is 12.3. The first kappa shape index (κ1) is 16.8. The van der Waals surface area contributed by atoms with Crippen LogP contribution in [0.1, 0.15) is 11.1 Å². The third-order valence-electron chi connectivity index (χ3n) is 3.36. The number of benzene rings is 2. The lowest BCUT2D eigenvalue weighted by Gasteiger charge is -2.15. The van der Waals surface area contributed by atoms with Crippen LogP contribution in [0.5, 0.6) is 5.75 Å². The number of ether oxygens (including phenoxy) is 1. The quantitative estimate of drug-likeness (QED) is 0.545. The van der Waals surface area contributed by atoms with Crippen molar-refractivity contribution >= 4 is 28.8 Å². The summed E-state index contributed by atoms with van der Waals surface area (Å²) in [6.45, 7) is 0.506. The van der Waals surface area contributed by atoms with Gasteiger partial charge in [-0.3, -0.25) is 4.79 Å². The van der Waals surface area contributed by atoms with E-state index in [9.17, 15) is 4.79 Å². The molecule has 1 amide bonds. The Morgan fingerprint density at radius 3 is 2.36 bits per heavy atom. The predicted molar refractivity (Wildman–Crippen MR) is 95.9 cm³/mol. The molecule has 4 nitrogen and oxygen atoms in total. The van der Waals surface area contributed by atoms with Crippen LogP contribution in [0, 0.1) is 0 Å². The van der Waals surface area contributed by atoms with Gasteiger partial charge in [-0.15, -0.1) is 0 Å². The maximum Gasteiger partial charge on any atom is 0.238 e. The third kappa shape index (κ3) is 4.99. The van der Waals surface area contributed by atoms with Crippen LogP contribution in [-0.2, 0) is 17.8 Å². The van der Waals surface area contributed by atoms with Gasteiger partial charge in [0.15, 0.2) is 0 Å². The summed E-state index contributed by atoms with van der Waals surface area (Å²) in [7, 11) is 1.64. The minimum atomic E-state index is -0.249. The van der Waals surface area contributed by atoms with Gasteiger partial charge in [0, 0.05) is 29.4 Å². The summed E-state index contributed by atoms with van der Waals surface area (Å²) in [5.41, 5.74) is 2.18. The molecule has 2 N–H and O–H groups in total. The molecule has 0 aliphatic heterocycles. The van der Waals surface area contributed by atoms with Crippen molar-refractivity contribution in [2.75, 3.05) is 7.11 Å². The first-order valence-corrected chi connectivity index (χ1v) is 8.11. The molecule has 0 heterocycles. The van der Waals surface area contributed by atoms with Crippen molar-refractivity contribution in [2.45, 2.75) is 19.0 Å². The number of nitrogens with one attached hydrogen (secondary N) is 2. The van der Waals surface area contributed by atoms with Crippen molar-refractivity contribution < 1.29 is 9.53 Å². The summed E-state index contributed by atoms with van der Waals surface area (Å²) < 4.78 is 8.16. The number of halogens is 1. The molecule has 2 aromatic carbocycles. The van der Waals surface area contributed by atoms with E-state index in [1.54, 1.807) is 7.11 Å². The molecule has 1 atom stereocenters. The monoisotopic (exact) mass is 410 g/mol. The summed E-state index contributed by atoms with van der Waals surface area (Å²) in [6, 6.07) is 17.4. The van der Waals surface area contributed by atoms with Crippen LogP contribution >= 0.6 is 22.9 Å². The molecular formula is C17H19IN2O2. The van der Waals surface area contributed by atoms with E-state index < -0.39 is 0 Å². The Balaban J connectivity index is 1.88. The summed E-state index contributed by atoms with van der Waals surface area (Å²) >= 11 is 2.03. The van der Waals surface area contributed by atoms with Gasteiger partial charge in [-0.2, -0.15) is 0 Å². The van der Waals surface area contributed by atoms with Gasteiger partial charge >= 0.3 is 0 Å². The van der Waals surface area contributed by atoms with Crippen molar-refractivity contribution in [2.24, 2.45) is 0 Å². The molecule has 0 fully saturated rings. The Kier molecular flexibility index (Phi) is 6.67. The lowest BCUT2D eigenvalue weighted by Crippen LogP contribution is -2.41. The van der Waals surface area contributed by atoms with E-state index in [4.69, 9.17) is 4.74 Å². The van der Waals surface area contributed by atoms with E-state index in [1.807, 2.05) is 77.5 Å². The normalized spacial score (nSPS) is 11.7. The number of rotatable bonds is 7. The molecule has 0 aromatic heterocycles. The van der Waals surface area contributed by atoms with Crippen molar-refractivity contribution in [1.29, 1.82) is 0 Å². The number of amides is 1. The summed E-state index contributed by atoms with van der Waals surface area (Å²) in [5, 5.41) is 2.96. The Labute approximate surface area is 144 Å². The van der Waals surface area contributed by atoms with Crippen LogP contribution in [0.25, 0.3) is 0 Å². The number of methoxy groups -OCH3 is 1. The van der Waals surface area contributed by atoms with Crippen LogP contribution in [0.4, 0.5) is 0 Å². The zero-order valence-electron chi connectivity index (χ0n) is 12.4. The van der Waals surface area contributed by atoms with Crippen LogP contribution in [-0.4, -0.2) is 19.1 Å². The van der Waals surface area contributed by atoms with Gasteiger partial charge in [-0.25, -0.2) is 3.53 Å². The van der Waals surface area contributed by atoms with Gasteiger partial charge < -0.3 is 10.1 Å². The number of carbonyl (C=O) groups excluding carboxylic acids is 1. The van der Waals surface area contributed by atoms with Gasteiger partial charge in [0.1, 0.15) is 5.75 Å². The van der Waals surface area contributed by atoms with E-state index in [0.29, 0.717) is 13.0 Å². The van der Waals surface area contributed by atoms with Crippen molar-refractivity contribution in [3.05, 3.63) is 65.7 Å². The molecule has 0 saturated carbocycles. The molecule has 2 aromatic rings. The second-order valence-corrected chi connectivity index (χ2v) is 5.54. The minimum absolute atomic E-state index is 0.00549. The molecule has 0 unspecified atom stereocenters. The highest BCUT2D eigenvalue weighted by Crippen LogP contribution is 2.11. The highest BCUT2D eigenvalue weighted by molar-refractivity contribution is 14.1. The molecular weight excluding hydrogens is 391 g/mol. The van der Waals surface area contributed by atoms with E-state index in [-0.39, 0.29) is 11.9 Å². The van der Waals surface area contributed by atoms with Crippen LogP contribution in [0.3, 0.4) is 0 Å². The van der Waals surface area contributed by atoms with E-state index in [2.05, 4.69) is 8.85 Å². The fourth-order valence-corrected chi connectivity index (χ4v) is 2.59. The van der Waals surface area contributed by atoms with Gasteiger partial charge in [0.25, 0.3) is 0 Å². The number of hydrogen-bond acceptors (Lipinski definition) is 3. The van der Waals surface area contributed by atoms with Crippen molar-refractivity contribution in [1.82, 2.24) is 8.85 Å². The third-order valence-corrected chi connectivity index (χ3v) is 4.11. The summed E-state index contributed by atoms with van der Waals surface area (Å²) in [4.78, 5) is 12.3. The highest BCUT2D eigenvalue weighted by atomic mass is 127. The van der Waals surface area contributed by atoms with Gasteiger partial charge in [0.2, 0.25) is 5.91 Å². The number of hydrogen-bond donors (Lipinski definition) is 2. The highest BCUT2D eigenvalue weighted by Gasteiger charge is 2.17. The molecule has 2 rings (SSSR count). The molecule has 0 bridgehead atoms. The molecule has 0 aliphatic rings. The van der Waals surface area contributed by atoms with Crippen molar-refractivity contribution in [3.63, 3.8) is 0 Å². The molecule has 0 saturated heterocycles. The van der Waals surface area contributed by atoms with E-state index >= 15 is 0 Å². The van der Waals surface area contributed by atoms with E-state index in [0.717, 1.165) is 16.9 Å². The average molecular weight is 410 g/mol. The SMILES string of the molecule is COc1ccc(CNC(=O)[C@H](Cc2ccccc2)NI)cc1. The molecule has 0 radical (unpaired) electrons. The summed E-state index contributed by atoms with van der Waals surface area (Å²) in [6.07, 6.45) is 0.665. The second-order valence-electron chi connectivity index (χ2n) is 4.92. The maximum absolute atomic E-state index is 12.3. The lowest BCUT2D eigenvalue weighted by molar-refractivity contribution is -0.122. The lowest BCUT2D eigenvalue weighted by atomic mass is 10.1. The summed E-state index contributed by atoms with van der Waals surface area (Å²) in [5.74, 6) is 0.806. The van der Waals surface area contributed by atoms with Gasteiger partial charge in [-0.05, 0) is 29.7 Å². The molecule has 0 aliphatic carbocycles. The first-order valence-electron chi connectivity index (χ1n) is 7.03. The predicted octanol–water partition coefficient (Wildman–Crippen LogP) is 2.86. The topological polar surface area (TPSA) is 50.4 Å². The largest absolute Gasteiger partial charge is 0.497 e. The Bertz CT molecular complexity index is 587. The first-order chi connectivity index (χ1) is 10.7. The standard InChI is InChI=1S/C17H19IN2O2/c1-22-15-9-7-14(8-10-15)12-19-17(21)16(20-18)11-13-5-3-2-4-6-13/h2-10,16,20H,11-12H2,1H3,(H,19,21)/t16-/m0/s1. The Hall–Kier alpha value is -1.60. The van der Waals surface area contributed by atoms with Crippen LogP contribution in [0.15, 0.2) is 54.6 Å². The molecule has 116 valence electrons. The van der Waals surface area contributed by atoms with E-state index in [1.165, 1.54) is 0 Å². The Morgan fingerprint density at radius 2 is 1.77 bits per heavy atom. The fourth-order valence-electron chi connectivity index (χ4n) is 2.09. The zero-order valence-corrected chi connectivity index (χ0v) is 14.5. The van der Waals surface area contributed by atoms with Crippen molar-refractivity contribution in [3.8, 4) is 5.75 Å². The number of carbonyl (C=O) groups is 1. The minimum Gasteiger partial charge on any atom is -0.497 e. The van der Waals surface area contributed by atoms with Gasteiger partial charge in [0.05, 0.1) is 13.2 Å². The fraction of sp³-hybridized carbons (Fsp3) is 0.235. The molecule has 22 heavy (non-hydrogen) atoms. The van der Waals surface area contributed by atoms with Crippen LogP contribution in [0.2, 0.25) is 0 Å². The smallest absolute Gasteiger partial charge is 0.238 e. The zero-order chi connectivity index (χ0) is 15.8. The second kappa shape index (κ2) is 8.75. The van der Waals surface area contributed by atoms with Gasteiger partial charge in [-0.1, -0.05) is 42.5 Å². The van der Waals surface area contributed by atoms with Crippen LogP contribution < -0.4 is 13.6 Å². The average Bonchev–Trinajstić information content (AvgIpc) is 2.59. The molecule has 0 spiro atoms.